The van der Waals surface area contributed by atoms with E-state index in [1.807, 2.05) is 6.07 Å². The topological polar surface area (TPSA) is 119 Å². The first kappa shape index (κ1) is 19.5. The molecule has 0 aliphatic carbocycles. The second-order valence-corrected chi connectivity index (χ2v) is 8.04. The molecule has 0 unspecified atom stereocenters. The van der Waals surface area contributed by atoms with Crippen LogP contribution in [0.4, 0.5) is 11.4 Å². The number of nitriles is 1. The molecule has 0 fully saturated rings. The van der Waals surface area contributed by atoms with Gasteiger partial charge in [-0.1, -0.05) is 6.07 Å². The number of carbonyl (C=O) groups is 2. The van der Waals surface area contributed by atoms with Crippen molar-refractivity contribution < 1.29 is 18.0 Å². The van der Waals surface area contributed by atoms with Gasteiger partial charge in [-0.15, -0.1) is 0 Å². The molecular formula is C19H18N4O4S. The molecule has 2 aromatic carbocycles. The van der Waals surface area contributed by atoms with Crippen LogP contribution in [0.3, 0.4) is 0 Å². The van der Waals surface area contributed by atoms with Gasteiger partial charge in [-0.25, -0.2) is 13.1 Å². The van der Waals surface area contributed by atoms with Gasteiger partial charge in [0.2, 0.25) is 21.8 Å². The predicted octanol–water partition coefficient (Wildman–Crippen LogP) is 1.38. The third-order valence-electron chi connectivity index (χ3n) is 4.34. The summed E-state index contributed by atoms with van der Waals surface area (Å²) >= 11 is 0. The van der Waals surface area contributed by atoms with Gasteiger partial charge in [0, 0.05) is 24.8 Å². The first-order chi connectivity index (χ1) is 13.3. The van der Waals surface area contributed by atoms with E-state index in [2.05, 4.69) is 10.0 Å². The fourth-order valence-electron chi connectivity index (χ4n) is 2.99. The average Bonchev–Trinajstić information content (AvgIpc) is 3.10. The van der Waals surface area contributed by atoms with Crippen LogP contribution in [0, 0.1) is 11.3 Å². The smallest absolute Gasteiger partial charge is 0.241 e. The van der Waals surface area contributed by atoms with E-state index >= 15 is 0 Å². The maximum Gasteiger partial charge on any atom is 0.241 e. The zero-order chi connectivity index (χ0) is 20.3. The molecule has 9 heteroatoms. The molecule has 2 aromatic rings. The normalized spacial score (nSPS) is 12.9. The third kappa shape index (κ3) is 4.19. The summed E-state index contributed by atoms with van der Waals surface area (Å²) in [6.07, 6.45) is 0.577. The minimum atomic E-state index is -3.89. The molecule has 0 aromatic heterocycles. The van der Waals surface area contributed by atoms with Crippen molar-refractivity contribution in [3.8, 4) is 6.07 Å². The SMILES string of the molecule is CC(=O)N1CCc2cc(S(=O)(=O)NCC(=O)Nc3cccc(C#N)c3)ccc21. The Balaban J connectivity index is 1.66. The van der Waals surface area contributed by atoms with Crippen LogP contribution in [-0.2, 0) is 26.0 Å². The lowest BCUT2D eigenvalue weighted by atomic mass is 10.2. The number of carbonyl (C=O) groups excluding carboxylic acids is 2. The largest absolute Gasteiger partial charge is 0.325 e. The maximum atomic E-state index is 12.5. The summed E-state index contributed by atoms with van der Waals surface area (Å²) in [6, 6.07) is 12.8. The lowest BCUT2D eigenvalue weighted by Crippen LogP contribution is -2.33. The highest BCUT2D eigenvalue weighted by atomic mass is 32.2. The lowest BCUT2D eigenvalue weighted by molar-refractivity contribution is -0.116. The van der Waals surface area contributed by atoms with Crippen molar-refractivity contribution >= 4 is 33.2 Å². The Morgan fingerprint density at radius 3 is 2.71 bits per heavy atom. The molecule has 1 aliphatic rings. The standard InChI is InChI=1S/C19H18N4O4S/c1-13(24)23-8-7-15-10-17(5-6-18(15)23)28(26,27)21-12-19(25)22-16-4-2-3-14(9-16)11-20/h2-6,9-10,21H,7-8,12H2,1H3,(H,22,25). The van der Waals surface area contributed by atoms with Crippen LogP contribution < -0.4 is 14.9 Å². The zero-order valence-corrected chi connectivity index (χ0v) is 15.9. The van der Waals surface area contributed by atoms with E-state index in [4.69, 9.17) is 5.26 Å². The Morgan fingerprint density at radius 2 is 2.00 bits per heavy atom. The predicted molar refractivity (Wildman–Crippen MR) is 103 cm³/mol. The van der Waals surface area contributed by atoms with Gasteiger partial charge >= 0.3 is 0 Å². The third-order valence-corrected chi connectivity index (χ3v) is 5.73. The number of amides is 2. The van der Waals surface area contributed by atoms with Crippen LogP contribution >= 0.6 is 0 Å². The minimum absolute atomic E-state index is 0.0379. The van der Waals surface area contributed by atoms with E-state index < -0.39 is 22.5 Å². The molecule has 0 radical (unpaired) electrons. The molecule has 0 bridgehead atoms. The Labute approximate surface area is 162 Å². The number of nitrogens with zero attached hydrogens (tertiary/aromatic N) is 2. The van der Waals surface area contributed by atoms with Crippen molar-refractivity contribution in [2.24, 2.45) is 0 Å². The fourth-order valence-corrected chi connectivity index (χ4v) is 4.02. The highest BCUT2D eigenvalue weighted by Gasteiger charge is 2.25. The van der Waals surface area contributed by atoms with E-state index in [-0.39, 0.29) is 10.8 Å². The van der Waals surface area contributed by atoms with Gasteiger partial charge in [0.05, 0.1) is 23.1 Å². The summed E-state index contributed by atoms with van der Waals surface area (Å²) in [6.45, 7) is 1.54. The van der Waals surface area contributed by atoms with E-state index in [0.29, 0.717) is 29.9 Å². The van der Waals surface area contributed by atoms with Crippen LogP contribution in [0.5, 0.6) is 0 Å². The van der Waals surface area contributed by atoms with Gasteiger partial charge in [0.1, 0.15) is 0 Å². The number of fused-ring (bicyclic) bond motifs is 1. The number of benzene rings is 2. The summed E-state index contributed by atoms with van der Waals surface area (Å²) < 4.78 is 27.2. The molecular weight excluding hydrogens is 380 g/mol. The number of nitrogens with one attached hydrogen (secondary N) is 2. The van der Waals surface area contributed by atoms with Crippen molar-refractivity contribution in [3.05, 3.63) is 53.6 Å². The van der Waals surface area contributed by atoms with Crippen molar-refractivity contribution in [2.45, 2.75) is 18.2 Å². The Kier molecular flexibility index (Phi) is 5.44. The van der Waals surface area contributed by atoms with Crippen LogP contribution in [0.2, 0.25) is 0 Å². The van der Waals surface area contributed by atoms with Crippen LogP contribution in [0.15, 0.2) is 47.4 Å². The molecule has 28 heavy (non-hydrogen) atoms. The van der Waals surface area contributed by atoms with Gasteiger partial charge in [-0.05, 0) is 48.4 Å². The number of rotatable bonds is 5. The molecule has 144 valence electrons. The lowest BCUT2D eigenvalue weighted by Gasteiger charge is -2.15. The van der Waals surface area contributed by atoms with Crippen molar-refractivity contribution in [1.29, 1.82) is 5.26 Å². The second-order valence-electron chi connectivity index (χ2n) is 6.28. The van der Waals surface area contributed by atoms with E-state index in [0.717, 1.165) is 5.56 Å². The van der Waals surface area contributed by atoms with Crippen LogP contribution in [-0.4, -0.2) is 33.3 Å². The highest BCUT2D eigenvalue weighted by molar-refractivity contribution is 7.89. The summed E-state index contributed by atoms with van der Waals surface area (Å²) in [5.74, 6) is -0.646. The number of anilines is 2. The Bertz CT molecular complexity index is 1090. The average molecular weight is 398 g/mol. The highest BCUT2D eigenvalue weighted by Crippen LogP contribution is 2.30. The number of sulfonamides is 1. The first-order valence-electron chi connectivity index (χ1n) is 8.51. The minimum Gasteiger partial charge on any atom is -0.325 e. The molecule has 3 rings (SSSR count). The maximum absolute atomic E-state index is 12.5. The molecule has 2 amide bonds. The second kappa shape index (κ2) is 7.80. The van der Waals surface area contributed by atoms with Crippen LogP contribution in [0.25, 0.3) is 0 Å². The van der Waals surface area contributed by atoms with E-state index in [1.54, 1.807) is 29.2 Å². The molecule has 0 atom stereocenters. The Hall–Kier alpha value is -3.22. The van der Waals surface area contributed by atoms with Gasteiger partial charge in [-0.3, -0.25) is 9.59 Å². The molecule has 8 nitrogen and oxygen atoms in total. The van der Waals surface area contributed by atoms with Gasteiger partial charge in [0.15, 0.2) is 0 Å². The summed E-state index contributed by atoms with van der Waals surface area (Å²) in [4.78, 5) is 25.3. The van der Waals surface area contributed by atoms with E-state index in [9.17, 15) is 18.0 Å². The Morgan fingerprint density at radius 1 is 1.21 bits per heavy atom. The van der Waals surface area contributed by atoms with Crippen LogP contribution in [0.1, 0.15) is 18.1 Å². The van der Waals surface area contributed by atoms with Gasteiger partial charge in [0.25, 0.3) is 0 Å². The zero-order valence-electron chi connectivity index (χ0n) is 15.1. The van der Waals surface area contributed by atoms with Crippen molar-refractivity contribution in [3.63, 3.8) is 0 Å². The molecule has 2 N–H and O–H groups in total. The van der Waals surface area contributed by atoms with Gasteiger partial charge < -0.3 is 10.2 Å². The summed E-state index contributed by atoms with van der Waals surface area (Å²) in [7, 11) is -3.89. The molecule has 0 saturated carbocycles. The summed E-state index contributed by atoms with van der Waals surface area (Å²) in [5.41, 5.74) is 2.28. The van der Waals surface area contributed by atoms with Crippen molar-refractivity contribution in [1.82, 2.24) is 4.72 Å². The van der Waals surface area contributed by atoms with Crippen molar-refractivity contribution in [2.75, 3.05) is 23.3 Å². The quantitative estimate of drug-likeness (QED) is 0.789. The van der Waals surface area contributed by atoms with Gasteiger partial charge in [-0.2, -0.15) is 5.26 Å². The molecule has 1 heterocycles. The molecule has 1 aliphatic heterocycles. The first-order valence-corrected chi connectivity index (χ1v) is 9.99. The van der Waals surface area contributed by atoms with E-state index in [1.165, 1.54) is 25.1 Å². The number of hydrogen-bond donors (Lipinski definition) is 2. The number of hydrogen-bond acceptors (Lipinski definition) is 5. The fraction of sp³-hybridized carbons (Fsp3) is 0.211. The monoisotopic (exact) mass is 398 g/mol. The summed E-state index contributed by atoms with van der Waals surface area (Å²) in [5, 5.41) is 11.4. The molecule has 0 spiro atoms. The molecule has 0 saturated heterocycles.